The van der Waals surface area contributed by atoms with Crippen molar-refractivity contribution in [2.75, 3.05) is 7.11 Å². The van der Waals surface area contributed by atoms with Gasteiger partial charge in [-0.05, 0) is 41.0 Å². The lowest BCUT2D eigenvalue weighted by Crippen LogP contribution is -2.09. The van der Waals surface area contributed by atoms with Gasteiger partial charge in [0.05, 0.1) is 17.6 Å². The van der Waals surface area contributed by atoms with Gasteiger partial charge in [-0.1, -0.05) is 54.1 Å². The van der Waals surface area contributed by atoms with Crippen molar-refractivity contribution in [3.05, 3.63) is 83.0 Å². The summed E-state index contributed by atoms with van der Waals surface area (Å²) in [5.41, 5.74) is 7.62. The maximum atomic E-state index is 13.7. The summed E-state index contributed by atoms with van der Waals surface area (Å²) in [7, 11) is 1.53. The van der Waals surface area contributed by atoms with Gasteiger partial charge in [-0.25, -0.2) is 4.98 Å². The summed E-state index contributed by atoms with van der Waals surface area (Å²) in [5, 5.41) is 0.927. The minimum absolute atomic E-state index is 0.162. The summed E-state index contributed by atoms with van der Waals surface area (Å²) >= 11 is 6.49. The maximum Gasteiger partial charge on any atom is 0.433 e. The Kier molecular flexibility index (Phi) is 5.60. The quantitative estimate of drug-likeness (QED) is 0.393. The highest BCUT2D eigenvalue weighted by atomic mass is 35.5. The van der Waals surface area contributed by atoms with Crippen LogP contribution in [0.2, 0.25) is 5.02 Å². The third-order valence-electron chi connectivity index (χ3n) is 5.03. The predicted molar refractivity (Wildman–Crippen MR) is 116 cm³/mol. The summed E-state index contributed by atoms with van der Waals surface area (Å²) in [4.78, 5) is 3.99. The average molecular weight is 442 g/mol. The number of nitrogens with zero attached hydrogens (tertiary/aromatic N) is 1. The monoisotopic (exact) mass is 441 g/mol. The van der Waals surface area contributed by atoms with Crippen molar-refractivity contribution in [1.82, 2.24) is 4.98 Å². The number of aromatic nitrogens is 1. The van der Waals surface area contributed by atoms with Crippen LogP contribution >= 0.6 is 11.6 Å². The standard InChI is InChI=1S/C24H17ClF3N2O/c1-31-16-10-8-14(9-11-16)20-12-21(24(26,27)28)30-23-18(6-3-7-19(20)23)17-5-2-4-15(13-29)22(17)25/h2-3,5-12H,13,29H2,1H3. The van der Waals surface area contributed by atoms with Crippen molar-refractivity contribution < 1.29 is 17.9 Å². The predicted octanol–water partition coefficient (Wildman–Crippen LogP) is 6.51. The van der Waals surface area contributed by atoms with Gasteiger partial charge in [-0.2, -0.15) is 13.2 Å². The first-order chi connectivity index (χ1) is 14.8. The van der Waals surface area contributed by atoms with Crippen LogP contribution in [-0.4, -0.2) is 12.1 Å². The first-order valence-corrected chi connectivity index (χ1v) is 9.76. The van der Waals surface area contributed by atoms with Gasteiger partial charge in [0, 0.05) is 23.1 Å². The number of halogens is 4. The lowest BCUT2D eigenvalue weighted by molar-refractivity contribution is -0.140. The highest BCUT2D eigenvalue weighted by molar-refractivity contribution is 6.34. The number of benzene rings is 3. The molecule has 0 saturated carbocycles. The Morgan fingerprint density at radius 3 is 2.42 bits per heavy atom. The molecular formula is C24H17ClF3N2O. The highest BCUT2D eigenvalue weighted by Crippen LogP contribution is 2.40. The SMILES string of the molecule is COc1ccc(-c2cc(C(F)(F)F)nc3c(-c4cc[c]c(CN)c4Cl)cccc23)cc1. The molecule has 1 heterocycles. The van der Waals surface area contributed by atoms with Crippen LogP contribution in [0.15, 0.2) is 60.7 Å². The molecule has 1 aromatic heterocycles. The first-order valence-electron chi connectivity index (χ1n) is 9.38. The van der Waals surface area contributed by atoms with Crippen LogP contribution in [0, 0.1) is 6.07 Å². The summed E-state index contributed by atoms with van der Waals surface area (Å²) in [5.74, 6) is 0.612. The fraction of sp³-hybridized carbons (Fsp3) is 0.125. The molecule has 0 amide bonds. The van der Waals surface area contributed by atoms with Crippen LogP contribution in [0.4, 0.5) is 13.2 Å². The molecule has 1 radical (unpaired) electrons. The molecule has 0 aliphatic heterocycles. The number of alkyl halides is 3. The van der Waals surface area contributed by atoms with Crippen molar-refractivity contribution in [2.45, 2.75) is 12.7 Å². The number of ether oxygens (including phenoxy) is 1. The van der Waals surface area contributed by atoms with E-state index < -0.39 is 11.9 Å². The van der Waals surface area contributed by atoms with Crippen LogP contribution in [0.3, 0.4) is 0 Å². The Labute approximate surface area is 182 Å². The zero-order valence-electron chi connectivity index (χ0n) is 16.4. The number of methoxy groups -OCH3 is 1. The first kappa shape index (κ1) is 21.2. The van der Waals surface area contributed by atoms with Gasteiger partial charge in [0.15, 0.2) is 0 Å². The molecule has 2 N–H and O–H groups in total. The molecule has 0 unspecified atom stereocenters. The topological polar surface area (TPSA) is 48.1 Å². The Balaban J connectivity index is 2.05. The number of hydrogen-bond donors (Lipinski definition) is 1. The van der Waals surface area contributed by atoms with E-state index in [2.05, 4.69) is 11.1 Å². The fourth-order valence-electron chi connectivity index (χ4n) is 3.50. The minimum atomic E-state index is -4.61. The van der Waals surface area contributed by atoms with Gasteiger partial charge in [0.1, 0.15) is 11.4 Å². The molecule has 3 aromatic carbocycles. The molecule has 31 heavy (non-hydrogen) atoms. The van der Waals surface area contributed by atoms with E-state index in [9.17, 15) is 13.2 Å². The summed E-state index contributed by atoms with van der Waals surface area (Å²) in [6.07, 6.45) is -4.61. The maximum absolute atomic E-state index is 13.7. The van der Waals surface area contributed by atoms with Crippen molar-refractivity contribution in [2.24, 2.45) is 5.73 Å². The zero-order valence-corrected chi connectivity index (χ0v) is 17.2. The Morgan fingerprint density at radius 1 is 1.03 bits per heavy atom. The van der Waals surface area contributed by atoms with E-state index in [-0.39, 0.29) is 12.1 Å². The highest BCUT2D eigenvalue weighted by Gasteiger charge is 2.34. The van der Waals surface area contributed by atoms with E-state index in [4.69, 9.17) is 22.1 Å². The lowest BCUT2D eigenvalue weighted by atomic mass is 9.94. The molecule has 7 heteroatoms. The van der Waals surface area contributed by atoms with Gasteiger partial charge >= 0.3 is 6.18 Å². The largest absolute Gasteiger partial charge is 0.497 e. The number of fused-ring (bicyclic) bond motifs is 1. The zero-order chi connectivity index (χ0) is 22.2. The van der Waals surface area contributed by atoms with Crippen LogP contribution < -0.4 is 10.5 Å². The van der Waals surface area contributed by atoms with Gasteiger partial charge in [-0.3, -0.25) is 0 Å². The smallest absolute Gasteiger partial charge is 0.433 e. The molecule has 0 atom stereocenters. The van der Waals surface area contributed by atoms with Gasteiger partial charge in [-0.15, -0.1) is 0 Å². The van der Waals surface area contributed by atoms with Crippen molar-refractivity contribution >= 4 is 22.5 Å². The minimum Gasteiger partial charge on any atom is -0.497 e. The second-order valence-corrected chi connectivity index (χ2v) is 7.25. The van der Waals surface area contributed by atoms with Crippen LogP contribution in [0.25, 0.3) is 33.2 Å². The van der Waals surface area contributed by atoms with E-state index in [1.165, 1.54) is 7.11 Å². The van der Waals surface area contributed by atoms with Crippen LogP contribution in [0.1, 0.15) is 11.3 Å². The van der Waals surface area contributed by atoms with Crippen LogP contribution in [-0.2, 0) is 12.7 Å². The normalized spacial score (nSPS) is 11.7. The van der Waals surface area contributed by atoms with E-state index >= 15 is 0 Å². The van der Waals surface area contributed by atoms with Crippen molar-refractivity contribution in [3.8, 4) is 28.0 Å². The molecule has 4 rings (SSSR count). The van der Waals surface area contributed by atoms with Gasteiger partial charge < -0.3 is 10.5 Å². The summed E-state index contributed by atoms with van der Waals surface area (Å²) in [6, 6.07) is 19.5. The van der Waals surface area contributed by atoms with E-state index in [1.807, 2.05) is 0 Å². The Hall–Kier alpha value is -3.09. The summed E-state index contributed by atoms with van der Waals surface area (Å²) in [6.45, 7) is 0.162. The molecule has 157 valence electrons. The second kappa shape index (κ2) is 8.21. The molecule has 0 aliphatic rings. The average Bonchev–Trinajstić information content (AvgIpc) is 2.77. The molecule has 0 fully saturated rings. The van der Waals surface area contributed by atoms with Gasteiger partial charge in [0.25, 0.3) is 0 Å². The molecule has 3 nitrogen and oxygen atoms in total. The third kappa shape index (κ3) is 3.96. The Morgan fingerprint density at radius 2 is 1.77 bits per heavy atom. The number of hydrogen-bond acceptors (Lipinski definition) is 3. The molecule has 0 saturated heterocycles. The molecule has 4 aromatic rings. The van der Waals surface area contributed by atoms with E-state index in [0.717, 1.165) is 6.07 Å². The van der Waals surface area contributed by atoms with Crippen molar-refractivity contribution in [1.29, 1.82) is 0 Å². The molecular weight excluding hydrogens is 425 g/mol. The third-order valence-corrected chi connectivity index (χ3v) is 5.47. The number of para-hydroxylation sites is 1. The van der Waals surface area contributed by atoms with E-state index in [0.29, 0.717) is 44.0 Å². The molecule has 0 bridgehead atoms. The summed E-state index contributed by atoms with van der Waals surface area (Å²) < 4.78 is 46.4. The van der Waals surface area contributed by atoms with E-state index in [1.54, 1.807) is 54.6 Å². The number of pyridine rings is 1. The van der Waals surface area contributed by atoms with Crippen LogP contribution in [0.5, 0.6) is 5.75 Å². The second-order valence-electron chi connectivity index (χ2n) is 6.87. The van der Waals surface area contributed by atoms with Crippen molar-refractivity contribution in [3.63, 3.8) is 0 Å². The number of rotatable bonds is 4. The molecule has 0 aliphatic carbocycles. The fourth-order valence-corrected chi connectivity index (χ4v) is 3.80. The lowest BCUT2D eigenvalue weighted by Gasteiger charge is -2.16. The number of nitrogens with two attached hydrogens (primary N) is 1. The Bertz CT molecular complexity index is 1250. The van der Waals surface area contributed by atoms with Gasteiger partial charge in [0.2, 0.25) is 0 Å². The molecule has 0 spiro atoms.